The molecule has 3 fully saturated rings. The highest BCUT2D eigenvalue weighted by molar-refractivity contribution is 5.73. The van der Waals surface area contributed by atoms with Crippen molar-refractivity contribution in [3.05, 3.63) is 29.6 Å². The highest BCUT2D eigenvalue weighted by Gasteiger charge is 2.68. The van der Waals surface area contributed by atoms with Gasteiger partial charge in [-0.1, -0.05) is 19.9 Å². The molecule has 2 bridgehead atoms. The average Bonchev–Trinajstić information content (AvgIpc) is 3.05. The summed E-state index contributed by atoms with van der Waals surface area (Å²) in [6.07, 6.45) is 7.31. The minimum absolute atomic E-state index is 0.0426. The Bertz CT molecular complexity index is 880. The van der Waals surface area contributed by atoms with Crippen LogP contribution in [0.15, 0.2) is 18.2 Å². The second-order valence-corrected chi connectivity index (χ2v) is 11.6. The molecule has 5 rings (SSSR count). The summed E-state index contributed by atoms with van der Waals surface area (Å²) in [7, 11) is 0. The number of nitrogen functional groups attached to an aromatic ring is 1. The van der Waals surface area contributed by atoms with Crippen molar-refractivity contribution in [1.82, 2.24) is 4.98 Å². The number of allylic oxidation sites excluding steroid dienone is 2. The van der Waals surface area contributed by atoms with Gasteiger partial charge < -0.3 is 19.9 Å². The molecular formula is C25H36N2O3. The van der Waals surface area contributed by atoms with Crippen LogP contribution < -0.4 is 5.73 Å². The van der Waals surface area contributed by atoms with Crippen LogP contribution in [0.2, 0.25) is 0 Å². The highest BCUT2D eigenvalue weighted by atomic mass is 16.8. The van der Waals surface area contributed by atoms with E-state index >= 15 is 0 Å². The van der Waals surface area contributed by atoms with Crippen molar-refractivity contribution < 1.29 is 14.2 Å². The highest BCUT2D eigenvalue weighted by Crippen LogP contribution is 2.58. The first-order chi connectivity index (χ1) is 13.9. The second kappa shape index (κ2) is 6.30. The standard InChI is InChI=1S/C25H36N2O3/c1-22(2)11-9-15(10-12-22)19-17(26)7-8-18(27-19)16-13-24(5)20-21(25(6,14-16)30-24)29-23(3,4)28-20/h7-9,16,20-21H,10-14,26H2,1-6H3/t16?,20-,21+,24+,25-. The third-order valence-corrected chi connectivity index (χ3v) is 7.71. The summed E-state index contributed by atoms with van der Waals surface area (Å²) in [6, 6.07) is 4.15. The summed E-state index contributed by atoms with van der Waals surface area (Å²) < 4.78 is 19.2. The van der Waals surface area contributed by atoms with Gasteiger partial charge in [-0.25, -0.2) is 0 Å². The lowest BCUT2D eigenvalue weighted by atomic mass is 9.77. The number of nitrogens with zero attached hydrogens (tertiary/aromatic N) is 1. The van der Waals surface area contributed by atoms with Gasteiger partial charge in [-0.15, -0.1) is 0 Å². The van der Waals surface area contributed by atoms with Crippen LogP contribution in [0.1, 0.15) is 91.0 Å². The molecular weight excluding hydrogens is 376 g/mol. The van der Waals surface area contributed by atoms with Gasteiger partial charge in [0.25, 0.3) is 0 Å². The van der Waals surface area contributed by atoms with E-state index in [4.69, 9.17) is 24.9 Å². The van der Waals surface area contributed by atoms with Gasteiger partial charge in [0, 0.05) is 11.6 Å². The summed E-state index contributed by atoms with van der Waals surface area (Å²) in [5, 5.41) is 0. The van der Waals surface area contributed by atoms with Gasteiger partial charge in [0.2, 0.25) is 0 Å². The molecule has 3 saturated heterocycles. The van der Waals surface area contributed by atoms with Crippen LogP contribution in [-0.2, 0) is 14.2 Å². The van der Waals surface area contributed by atoms with Gasteiger partial charge in [-0.2, -0.15) is 0 Å². The van der Waals surface area contributed by atoms with Crippen LogP contribution in [0.25, 0.3) is 5.57 Å². The number of aromatic nitrogens is 1. The topological polar surface area (TPSA) is 66.6 Å². The third kappa shape index (κ3) is 3.21. The number of rotatable bonds is 2. The molecule has 1 aliphatic carbocycles. The normalized spacial score (nSPS) is 41.4. The fraction of sp³-hybridized carbons (Fsp3) is 0.720. The van der Waals surface area contributed by atoms with Gasteiger partial charge in [0.15, 0.2) is 5.79 Å². The Morgan fingerprint density at radius 2 is 1.60 bits per heavy atom. The van der Waals surface area contributed by atoms with Crippen molar-refractivity contribution in [2.75, 3.05) is 5.73 Å². The molecule has 30 heavy (non-hydrogen) atoms. The Balaban J connectivity index is 1.45. The number of nitrogens with two attached hydrogens (primary N) is 1. The van der Waals surface area contributed by atoms with Crippen molar-refractivity contribution >= 4 is 11.3 Å². The number of pyridine rings is 1. The van der Waals surface area contributed by atoms with Gasteiger partial charge in [0.1, 0.15) is 12.2 Å². The molecule has 5 heteroatoms. The van der Waals surface area contributed by atoms with Crippen LogP contribution >= 0.6 is 0 Å². The monoisotopic (exact) mass is 412 g/mol. The second-order valence-electron chi connectivity index (χ2n) is 11.6. The Morgan fingerprint density at radius 3 is 2.17 bits per heavy atom. The van der Waals surface area contributed by atoms with E-state index in [1.807, 2.05) is 19.9 Å². The van der Waals surface area contributed by atoms with E-state index < -0.39 is 5.79 Å². The zero-order chi connectivity index (χ0) is 21.5. The SMILES string of the molecule is CC1(C)CC=C(c2nc(C3C[C@@]4(C)O[C@@](C)(C3)[C@@H]3OC(C)(C)O[C@@H]34)ccc2N)CC1. The van der Waals surface area contributed by atoms with E-state index in [1.54, 1.807) is 0 Å². The van der Waals surface area contributed by atoms with Gasteiger partial charge >= 0.3 is 0 Å². The maximum atomic E-state index is 6.56. The minimum atomic E-state index is -0.553. The maximum absolute atomic E-state index is 6.56. The van der Waals surface area contributed by atoms with E-state index in [9.17, 15) is 0 Å². The molecule has 5 nitrogen and oxygen atoms in total. The lowest BCUT2D eigenvalue weighted by Crippen LogP contribution is -2.46. The molecule has 1 unspecified atom stereocenters. The van der Waals surface area contributed by atoms with E-state index in [2.05, 4.69) is 39.8 Å². The lowest BCUT2D eigenvalue weighted by Gasteiger charge is -2.43. The molecule has 1 aromatic rings. The summed E-state index contributed by atoms with van der Waals surface area (Å²) in [6.45, 7) is 13.0. The minimum Gasteiger partial charge on any atom is -0.397 e. The number of anilines is 1. The molecule has 5 atom stereocenters. The summed E-state index contributed by atoms with van der Waals surface area (Å²) >= 11 is 0. The molecule has 0 aromatic carbocycles. The first kappa shape index (κ1) is 20.5. The zero-order valence-corrected chi connectivity index (χ0v) is 19.2. The van der Waals surface area contributed by atoms with Gasteiger partial charge in [-0.05, 0) is 82.9 Å². The zero-order valence-electron chi connectivity index (χ0n) is 19.2. The smallest absolute Gasteiger partial charge is 0.164 e. The van der Waals surface area contributed by atoms with E-state index in [0.717, 1.165) is 42.8 Å². The van der Waals surface area contributed by atoms with Crippen LogP contribution in [0, 0.1) is 5.41 Å². The Labute approximate surface area is 180 Å². The van der Waals surface area contributed by atoms with E-state index in [1.165, 1.54) is 12.0 Å². The molecule has 4 aliphatic rings. The van der Waals surface area contributed by atoms with Crippen LogP contribution in [0.4, 0.5) is 5.69 Å². The molecule has 1 aromatic heterocycles. The number of fused-ring (bicyclic) bond motifs is 5. The van der Waals surface area contributed by atoms with Crippen molar-refractivity contribution in [3.8, 4) is 0 Å². The Hall–Kier alpha value is -1.43. The molecule has 164 valence electrons. The summed E-state index contributed by atoms with van der Waals surface area (Å²) in [5.74, 6) is -0.253. The number of hydrogen-bond donors (Lipinski definition) is 1. The first-order valence-corrected chi connectivity index (χ1v) is 11.4. The maximum Gasteiger partial charge on any atom is 0.164 e. The van der Waals surface area contributed by atoms with Crippen LogP contribution in [0.3, 0.4) is 0 Å². The van der Waals surface area contributed by atoms with Crippen LogP contribution in [0.5, 0.6) is 0 Å². The molecule has 3 aliphatic heterocycles. The van der Waals surface area contributed by atoms with Crippen molar-refractivity contribution in [2.24, 2.45) is 5.41 Å². The van der Waals surface area contributed by atoms with E-state index in [0.29, 0.717) is 11.3 Å². The lowest BCUT2D eigenvalue weighted by molar-refractivity contribution is -0.242. The number of hydrogen-bond acceptors (Lipinski definition) is 5. The summed E-state index contributed by atoms with van der Waals surface area (Å²) in [5.41, 5.74) is 10.2. The number of ether oxygens (including phenoxy) is 3. The largest absolute Gasteiger partial charge is 0.397 e. The average molecular weight is 413 g/mol. The fourth-order valence-electron chi connectivity index (χ4n) is 6.14. The summed E-state index contributed by atoms with van der Waals surface area (Å²) in [4.78, 5) is 5.12. The molecule has 4 heterocycles. The molecule has 0 radical (unpaired) electrons. The van der Waals surface area contributed by atoms with Crippen LogP contribution in [-0.4, -0.2) is 34.2 Å². The molecule has 0 spiro atoms. The van der Waals surface area contributed by atoms with Crippen molar-refractivity contribution in [3.63, 3.8) is 0 Å². The van der Waals surface area contributed by atoms with Gasteiger partial charge in [-0.3, -0.25) is 4.98 Å². The van der Waals surface area contributed by atoms with Crippen molar-refractivity contribution in [1.29, 1.82) is 0 Å². The quantitative estimate of drug-likeness (QED) is 0.723. The predicted molar refractivity (Wildman–Crippen MR) is 118 cm³/mol. The van der Waals surface area contributed by atoms with Crippen molar-refractivity contribution in [2.45, 2.75) is 109 Å². The predicted octanol–water partition coefficient (Wildman–Crippen LogP) is 5.20. The van der Waals surface area contributed by atoms with E-state index in [-0.39, 0.29) is 23.4 Å². The molecule has 0 amide bonds. The third-order valence-electron chi connectivity index (χ3n) is 7.71. The fourth-order valence-corrected chi connectivity index (χ4v) is 6.14. The molecule has 0 saturated carbocycles. The van der Waals surface area contributed by atoms with Gasteiger partial charge in [0.05, 0.1) is 22.6 Å². The first-order valence-electron chi connectivity index (χ1n) is 11.4. The molecule has 2 N–H and O–H groups in total. The Morgan fingerprint density at radius 1 is 0.967 bits per heavy atom. The Kier molecular flexibility index (Phi) is 4.30.